The molecule has 0 aliphatic heterocycles. The van der Waals surface area contributed by atoms with Gasteiger partial charge in [0.25, 0.3) is 0 Å². The van der Waals surface area contributed by atoms with Gasteiger partial charge in [-0.25, -0.2) is 4.79 Å². The summed E-state index contributed by atoms with van der Waals surface area (Å²) in [6.07, 6.45) is 8.18. The first-order valence-electron chi connectivity index (χ1n) is 7.50. The SMILES string of the molecule is CC(C)(C)OC(=O)NCC1CCC(n2cc(I)cn2)CC1. The first-order chi connectivity index (χ1) is 9.83. The second-order valence-corrected chi connectivity index (χ2v) is 7.94. The molecular formula is C15H24IN3O2. The van der Waals surface area contributed by atoms with Crippen LogP contribution in [0.5, 0.6) is 0 Å². The monoisotopic (exact) mass is 405 g/mol. The van der Waals surface area contributed by atoms with E-state index in [-0.39, 0.29) is 6.09 Å². The molecule has 0 atom stereocenters. The number of amides is 1. The molecule has 1 N–H and O–H groups in total. The Balaban J connectivity index is 1.71. The van der Waals surface area contributed by atoms with Crippen LogP contribution in [0.2, 0.25) is 0 Å². The van der Waals surface area contributed by atoms with Gasteiger partial charge in [0.05, 0.1) is 15.8 Å². The number of ether oxygens (including phenoxy) is 1. The quantitative estimate of drug-likeness (QED) is 0.780. The van der Waals surface area contributed by atoms with E-state index < -0.39 is 5.60 Å². The van der Waals surface area contributed by atoms with Crippen molar-refractivity contribution in [1.29, 1.82) is 0 Å². The number of nitrogens with one attached hydrogen (secondary N) is 1. The molecule has 6 heteroatoms. The van der Waals surface area contributed by atoms with Crippen LogP contribution in [0, 0.1) is 9.49 Å². The lowest BCUT2D eigenvalue weighted by Crippen LogP contribution is -2.36. The van der Waals surface area contributed by atoms with E-state index in [4.69, 9.17) is 4.74 Å². The molecule has 1 heterocycles. The minimum absolute atomic E-state index is 0.314. The van der Waals surface area contributed by atoms with Crippen molar-refractivity contribution in [1.82, 2.24) is 15.1 Å². The third-order valence-electron chi connectivity index (χ3n) is 3.69. The van der Waals surface area contributed by atoms with Crippen molar-refractivity contribution in [2.45, 2.75) is 58.1 Å². The maximum atomic E-state index is 11.6. The second kappa shape index (κ2) is 6.98. The van der Waals surface area contributed by atoms with Gasteiger partial charge in [-0.05, 0) is 75.0 Å². The number of halogens is 1. The van der Waals surface area contributed by atoms with E-state index >= 15 is 0 Å². The summed E-state index contributed by atoms with van der Waals surface area (Å²) in [7, 11) is 0. The number of carbonyl (C=O) groups excluding carboxylic acids is 1. The number of carbonyl (C=O) groups is 1. The van der Waals surface area contributed by atoms with Crippen LogP contribution in [0.1, 0.15) is 52.5 Å². The van der Waals surface area contributed by atoms with Crippen LogP contribution in [0.15, 0.2) is 12.4 Å². The third kappa shape index (κ3) is 5.48. The summed E-state index contributed by atoms with van der Waals surface area (Å²) >= 11 is 2.29. The second-order valence-electron chi connectivity index (χ2n) is 6.70. The molecule has 1 aromatic heterocycles. The van der Waals surface area contributed by atoms with E-state index in [1.807, 2.05) is 27.0 Å². The van der Waals surface area contributed by atoms with E-state index in [0.717, 1.165) is 25.7 Å². The maximum absolute atomic E-state index is 11.6. The summed E-state index contributed by atoms with van der Waals surface area (Å²) in [4.78, 5) is 11.6. The fourth-order valence-corrected chi connectivity index (χ4v) is 3.08. The van der Waals surface area contributed by atoms with Crippen LogP contribution in [0.4, 0.5) is 4.79 Å². The highest BCUT2D eigenvalue weighted by Gasteiger charge is 2.24. The normalized spacial score (nSPS) is 22.9. The van der Waals surface area contributed by atoms with E-state index in [1.165, 1.54) is 3.57 Å². The molecule has 0 spiro atoms. The fourth-order valence-electron chi connectivity index (χ4n) is 2.67. The Hall–Kier alpha value is -0.790. The average molecular weight is 405 g/mol. The number of aromatic nitrogens is 2. The van der Waals surface area contributed by atoms with Crippen LogP contribution in [0.25, 0.3) is 0 Å². The van der Waals surface area contributed by atoms with Crippen molar-refractivity contribution < 1.29 is 9.53 Å². The van der Waals surface area contributed by atoms with Crippen molar-refractivity contribution in [3.05, 3.63) is 16.0 Å². The van der Waals surface area contributed by atoms with Crippen molar-refractivity contribution in [3.63, 3.8) is 0 Å². The topological polar surface area (TPSA) is 56.1 Å². The van der Waals surface area contributed by atoms with Crippen LogP contribution in [-0.2, 0) is 4.74 Å². The summed E-state index contributed by atoms with van der Waals surface area (Å²) < 4.78 is 8.52. The average Bonchev–Trinajstić information content (AvgIpc) is 2.82. The van der Waals surface area contributed by atoms with Gasteiger partial charge in [-0.2, -0.15) is 5.10 Å². The van der Waals surface area contributed by atoms with Crippen LogP contribution >= 0.6 is 22.6 Å². The molecule has 1 fully saturated rings. The van der Waals surface area contributed by atoms with Gasteiger partial charge >= 0.3 is 6.09 Å². The van der Waals surface area contributed by atoms with Crippen LogP contribution in [0.3, 0.4) is 0 Å². The Labute approximate surface area is 139 Å². The number of alkyl carbamates (subject to hydrolysis) is 1. The molecule has 0 unspecified atom stereocenters. The molecule has 1 saturated carbocycles. The molecule has 1 aliphatic rings. The Kier molecular flexibility index (Phi) is 5.51. The van der Waals surface area contributed by atoms with Gasteiger partial charge in [0, 0.05) is 12.7 Å². The third-order valence-corrected chi connectivity index (χ3v) is 4.25. The van der Waals surface area contributed by atoms with Gasteiger partial charge in [0.2, 0.25) is 0 Å². The summed E-state index contributed by atoms with van der Waals surface area (Å²) in [5.41, 5.74) is -0.432. The van der Waals surface area contributed by atoms with Gasteiger partial charge in [-0.3, -0.25) is 4.68 Å². The molecule has 118 valence electrons. The lowest BCUT2D eigenvalue weighted by Gasteiger charge is -2.29. The molecule has 0 bridgehead atoms. The molecule has 0 aromatic carbocycles. The van der Waals surface area contributed by atoms with Crippen LogP contribution in [-0.4, -0.2) is 28.0 Å². The number of rotatable bonds is 3. The number of nitrogens with zero attached hydrogens (tertiary/aromatic N) is 2. The van der Waals surface area contributed by atoms with Crippen molar-refractivity contribution in [2.24, 2.45) is 5.92 Å². The molecule has 0 radical (unpaired) electrons. The molecule has 1 amide bonds. The Morgan fingerprint density at radius 1 is 1.43 bits per heavy atom. The zero-order valence-corrected chi connectivity index (χ0v) is 15.1. The smallest absolute Gasteiger partial charge is 0.407 e. The first-order valence-corrected chi connectivity index (χ1v) is 8.58. The standard InChI is InChI=1S/C15H24IN3O2/c1-15(2,3)21-14(20)17-8-11-4-6-13(7-5-11)19-10-12(16)9-18-19/h9-11,13H,4-8H2,1-3H3,(H,17,20). The predicted molar refractivity (Wildman–Crippen MR) is 90.2 cm³/mol. The lowest BCUT2D eigenvalue weighted by atomic mass is 9.86. The van der Waals surface area contributed by atoms with E-state index in [0.29, 0.717) is 18.5 Å². The minimum Gasteiger partial charge on any atom is -0.444 e. The van der Waals surface area contributed by atoms with Gasteiger partial charge in [0.1, 0.15) is 5.60 Å². The van der Waals surface area contributed by atoms with Crippen molar-refractivity contribution >= 4 is 28.7 Å². The molecule has 0 saturated heterocycles. The maximum Gasteiger partial charge on any atom is 0.407 e. The van der Waals surface area contributed by atoms with Crippen molar-refractivity contribution in [3.8, 4) is 0 Å². The molecule has 2 rings (SSSR count). The molecule has 1 aromatic rings. The first kappa shape index (κ1) is 16.6. The summed E-state index contributed by atoms with van der Waals surface area (Å²) in [5.74, 6) is 0.545. The molecule has 1 aliphatic carbocycles. The predicted octanol–water partition coefficient (Wildman–Crippen LogP) is 3.74. The highest BCUT2D eigenvalue weighted by molar-refractivity contribution is 14.1. The van der Waals surface area contributed by atoms with Gasteiger partial charge < -0.3 is 10.1 Å². The fraction of sp³-hybridized carbons (Fsp3) is 0.733. The largest absolute Gasteiger partial charge is 0.444 e. The van der Waals surface area contributed by atoms with Gasteiger partial charge in [-0.15, -0.1) is 0 Å². The Morgan fingerprint density at radius 3 is 2.62 bits per heavy atom. The zero-order valence-electron chi connectivity index (χ0n) is 12.9. The molecule has 21 heavy (non-hydrogen) atoms. The highest BCUT2D eigenvalue weighted by atomic mass is 127. The Morgan fingerprint density at radius 2 is 2.10 bits per heavy atom. The number of hydrogen-bond acceptors (Lipinski definition) is 3. The summed E-state index contributed by atoms with van der Waals surface area (Å²) in [5, 5.41) is 7.28. The summed E-state index contributed by atoms with van der Waals surface area (Å²) in [6, 6.07) is 0.506. The molecule has 5 nitrogen and oxygen atoms in total. The van der Waals surface area contributed by atoms with E-state index in [9.17, 15) is 4.79 Å². The minimum atomic E-state index is -0.432. The van der Waals surface area contributed by atoms with E-state index in [2.05, 4.69) is 43.9 Å². The van der Waals surface area contributed by atoms with E-state index in [1.54, 1.807) is 0 Å². The summed E-state index contributed by atoms with van der Waals surface area (Å²) in [6.45, 7) is 6.34. The zero-order chi connectivity index (χ0) is 15.5. The Bertz CT molecular complexity index is 474. The van der Waals surface area contributed by atoms with Crippen LogP contribution < -0.4 is 5.32 Å². The highest BCUT2D eigenvalue weighted by Crippen LogP contribution is 2.31. The lowest BCUT2D eigenvalue weighted by molar-refractivity contribution is 0.0513. The molecular weight excluding hydrogens is 381 g/mol. The number of hydrogen-bond donors (Lipinski definition) is 1. The van der Waals surface area contributed by atoms with Gasteiger partial charge in [0.15, 0.2) is 0 Å². The van der Waals surface area contributed by atoms with Crippen molar-refractivity contribution in [2.75, 3.05) is 6.54 Å². The van der Waals surface area contributed by atoms with Gasteiger partial charge in [-0.1, -0.05) is 0 Å².